The highest BCUT2D eigenvalue weighted by Crippen LogP contribution is 2.15. The van der Waals surface area contributed by atoms with Gasteiger partial charge in [-0.2, -0.15) is 0 Å². The molecule has 4 unspecified atom stereocenters. The summed E-state index contributed by atoms with van der Waals surface area (Å²) >= 11 is 0. The first-order valence-electron chi connectivity index (χ1n) is 9.60. The van der Waals surface area contributed by atoms with Gasteiger partial charge in [-0.3, -0.25) is 9.59 Å². The van der Waals surface area contributed by atoms with Crippen molar-refractivity contribution in [2.45, 2.75) is 103 Å². The van der Waals surface area contributed by atoms with Crippen LogP contribution in [0.5, 0.6) is 0 Å². The Morgan fingerprint density at radius 3 is 1.85 bits per heavy atom. The molecule has 0 aliphatic heterocycles. The molecule has 0 saturated heterocycles. The fourth-order valence-electron chi connectivity index (χ4n) is 2.23. The lowest BCUT2D eigenvalue weighted by Gasteiger charge is -2.27. The SMILES string of the molecule is CC(O)C(C)(N)CCCCC(=O)O.CCC(C)C(N)CCCCC(=O)O. The second-order valence-electron chi connectivity index (χ2n) is 7.47. The molecule has 7 N–H and O–H groups in total. The van der Waals surface area contributed by atoms with Crippen molar-refractivity contribution in [1.29, 1.82) is 0 Å². The van der Waals surface area contributed by atoms with Gasteiger partial charge in [-0.15, -0.1) is 0 Å². The molecule has 156 valence electrons. The zero-order valence-electron chi connectivity index (χ0n) is 16.9. The zero-order valence-corrected chi connectivity index (χ0v) is 16.9. The van der Waals surface area contributed by atoms with Gasteiger partial charge in [0.05, 0.1) is 6.10 Å². The van der Waals surface area contributed by atoms with Crippen LogP contribution in [0.4, 0.5) is 0 Å². The smallest absolute Gasteiger partial charge is 0.303 e. The highest BCUT2D eigenvalue weighted by atomic mass is 16.4. The third kappa shape index (κ3) is 16.3. The molecule has 0 saturated carbocycles. The van der Waals surface area contributed by atoms with Gasteiger partial charge in [0, 0.05) is 24.4 Å². The first-order valence-corrected chi connectivity index (χ1v) is 9.60. The Hall–Kier alpha value is -1.18. The molecule has 0 aromatic heterocycles. The van der Waals surface area contributed by atoms with Crippen LogP contribution in [0.15, 0.2) is 0 Å². The first kappa shape index (κ1) is 27.0. The molecule has 0 spiro atoms. The lowest BCUT2D eigenvalue weighted by atomic mass is 9.90. The van der Waals surface area contributed by atoms with E-state index in [2.05, 4.69) is 13.8 Å². The molecule has 0 bridgehead atoms. The number of rotatable bonds is 13. The Morgan fingerprint density at radius 2 is 1.46 bits per heavy atom. The largest absolute Gasteiger partial charge is 0.481 e. The molecule has 26 heavy (non-hydrogen) atoms. The van der Waals surface area contributed by atoms with Gasteiger partial charge in [0.2, 0.25) is 0 Å². The van der Waals surface area contributed by atoms with Crippen LogP contribution in [0.3, 0.4) is 0 Å². The highest BCUT2D eigenvalue weighted by Gasteiger charge is 2.23. The van der Waals surface area contributed by atoms with Gasteiger partial charge in [0.1, 0.15) is 0 Å². The number of hydrogen-bond acceptors (Lipinski definition) is 5. The standard InChI is InChI=1S/C10H21NO2.C9H19NO3/c1-3-8(2)9(11)6-4-5-7-10(12)13;1-7(11)9(2,10)6-4-3-5-8(12)13/h8-9H,3-7,11H2,1-2H3,(H,12,13);7,11H,3-6,10H2,1-2H3,(H,12,13). The number of carboxylic acid groups (broad SMARTS) is 2. The summed E-state index contributed by atoms with van der Waals surface area (Å²) in [6.07, 6.45) is 5.62. The van der Waals surface area contributed by atoms with E-state index in [1.165, 1.54) is 0 Å². The van der Waals surface area contributed by atoms with Gasteiger partial charge in [-0.1, -0.05) is 33.1 Å². The number of carbonyl (C=O) groups is 2. The predicted molar refractivity (Wildman–Crippen MR) is 104 cm³/mol. The van der Waals surface area contributed by atoms with Gasteiger partial charge in [0.25, 0.3) is 0 Å². The quantitative estimate of drug-likeness (QED) is 0.310. The Morgan fingerprint density at radius 1 is 1.00 bits per heavy atom. The van der Waals surface area contributed by atoms with E-state index in [-0.39, 0.29) is 18.9 Å². The van der Waals surface area contributed by atoms with Crippen molar-refractivity contribution in [3.63, 3.8) is 0 Å². The van der Waals surface area contributed by atoms with Crippen molar-refractivity contribution < 1.29 is 24.9 Å². The maximum absolute atomic E-state index is 10.2. The summed E-state index contributed by atoms with van der Waals surface area (Å²) in [6, 6.07) is 0.235. The summed E-state index contributed by atoms with van der Waals surface area (Å²) in [5, 5.41) is 26.0. The summed E-state index contributed by atoms with van der Waals surface area (Å²) in [7, 11) is 0. The lowest BCUT2D eigenvalue weighted by molar-refractivity contribution is -0.138. The highest BCUT2D eigenvalue weighted by molar-refractivity contribution is 5.66. The molecule has 7 nitrogen and oxygen atoms in total. The van der Waals surface area contributed by atoms with Gasteiger partial charge in [-0.05, 0) is 45.4 Å². The fourth-order valence-corrected chi connectivity index (χ4v) is 2.23. The number of unbranched alkanes of at least 4 members (excludes halogenated alkanes) is 2. The number of carboxylic acids is 2. The first-order chi connectivity index (χ1) is 11.9. The van der Waals surface area contributed by atoms with Crippen LogP contribution in [0.2, 0.25) is 0 Å². The average Bonchev–Trinajstić information content (AvgIpc) is 2.54. The molecule has 0 aliphatic carbocycles. The van der Waals surface area contributed by atoms with Crippen molar-refractivity contribution in [3.8, 4) is 0 Å². The molecular formula is C19H40N2O5. The molecular weight excluding hydrogens is 336 g/mol. The minimum Gasteiger partial charge on any atom is -0.481 e. The Balaban J connectivity index is 0. The van der Waals surface area contributed by atoms with Gasteiger partial charge >= 0.3 is 11.9 Å². The monoisotopic (exact) mass is 376 g/mol. The summed E-state index contributed by atoms with van der Waals surface area (Å²) in [4.78, 5) is 20.4. The topological polar surface area (TPSA) is 147 Å². The average molecular weight is 377 g/mol. The minimum atomic E-state index is -0.782. The predicted octanol–water partition coefficient (Wildman–Crippen LogP) is 2.73. The zero-order chi connectivity index (χ0) is 20.8. The number of nitrogens with two attached hydrogens (primary N) is 2. The van der Waals surface area contributed by atoms with Crippen molar-refractivity contribution in [2.24, 2.45) is 17.4 Å². The van der Waals surface area contributed by atoms with E-state index in [9.17, 15) is 14.7 Å². The van der Waals surface area contributed by atoms with Crippen molar-refractivity contribution in [1.82, 2.24) is 0 Å². The van der Waals surface area contributed by atoms with Crippen LogP contribution in [-0.4, -0.2) is 44.9 Å². The third-order valence-electron chi connectivity index (χ3n) is 4.86. The Labute approximate surface area is 158 Å². The number of hydrogen-bond donors (Lipinski definition) is 5. The second kappa shape index (κ2) is 14.9. The minimum absolute atomic E-state index is 0.176. The summed E-state index contributed by atoms with van der Waals surface area (Å²) in [6.45, 7) is 7.69. The van der Waals surface area contributed by atoms with Crippen molar-refractivity contribution >= 4 is 11.9 Å². The summed E-state index contributed by atoms with van der Waals surface area (Å²) in [5.74, 6) is -0.947. The molecule has 0 rings (SSSR count). The van der Waals surface area contributed by atoms with Crippen molar-refractivity contribution in [2.75, 3.05) is 0 Å². The van der Waals surface area contributed by atoms with E-state index in [0.717, 1.165) is 32.1 Å². The maximum Gasteiger partial charge on any atom is 0.303 e. The van der Waals surface area contributed by atoms with E-state index in [0.29, 0.717) is 18.8 Å². The third-order valence-corrected chi connectivity index (χ3v) is 4.86. The van der Waals surface area contributed by atoms with Crippen LogP contribution in [0, 0.1) is 5.92 Å². The normalized spacial score (nSPS) is 16.6. The Kier molecular flexibility index (Phi) is 15.5. The summed E-state index contributed by atoms with van der Waals surface area (Å²) < 4.78 is 0. The number of aliphatic carboxylic acids is 2. The van der Waals surface area contributed by atoms with Gasteiger partial charge in [-0.25, -0.2) is 0 Å². The maximum atomic E-state index is 10.2. The lowest BCUT2D eigenvalue weighted by Crippen LogP contribution is -2.46. The Bertz CT molecular complexity index is 386. The molecule has 0 amide bonds. The number of aliphatic hydroxyl groups excluding tert-OH is 1. The summed E-state index contributed by atoms with van der Waals surface area (Å²) in [5.41, 5.74) is 11.1. The van der Waals surface area contributed by atoms with E-state index >= 15 is 0 Å². The van der Waals surface area contributed by atoms with Crippen LogP contribution >= 0.6 is 0 Å². The van der Waals surface area contributed by atoms with Gasteiger partial charge < -0.3 is 26.8 Å². The molecule has 0 aliphatic rings. The molecule has 0 fully saturated rings. The molecule has 0 radical (unpaired) electrons. The van der Waals surface area contributed by atoms with E-state index < -0.39 is 23.6 Å². The molecule has 0 heterocycles. The van der Waals surface area contributed by atoms with Crippen molar-refractivity contribution in [3.05, 3.63) is 0 Å². The van der Waals surface area contributed by atoms with Crippen LogP contribution in [0.25, 0.3) is 0 Å². The van der Waals surface area contributed by atoms with E-state index in [1.54, 1.807) is 13.8 Å². The second-order valence-corrected chi connectivity index (χ2v) is 7.47. The van der Waals surface area contributed by atoms with E-state index in [1.807, 2.05) is 0 Å². The van der Waals surface area contributed by atoms with Crippen LogP contribution in [-0.2, 0) is 9.59 Å². The fraction of sp³-hybridized carbons (Fsp3) is 0.895. The molecule has 4 atom stereocenters. The number of aliphatic hydroxyl groups is 1. The molecule has 0 aromatic rings. The molecule has 0 aromatic carbocycles. The van der Waals surface area contributed by atoms with Crippen LogP contribution in [0.1, 0.15) is 85.5 Å². The van der Waals surface area contributed by atoms with E-state index in [4.69, 9.17) is 21.7 Å². The molecule has 7 heteroatoms. The van der Waals surface area contributed by atoms with Crippen LogP contribution < -0.4 is 11.5 Å². The van der Waals surface area contributed by atoms with Gasteiger partial charge in [0.15, 0.2) is 0 Å².